The van der Waals surface area contributed by atoms with Crippen LogP contribution in [0.15, 0.2) is 11.3 Å². The van der Waals surface area contributed by atoms with E-state index in [1.807, 2.05) is 0 Å². The van der Waals surface area contributed by atoms with Crippen LogP contribution in [0.5, 0.6) is 0 Å². The molecule has 14 atom stereocenters. The summed E-state index contributed by atoms with van der Waals surface area (Å²) in [6.45, 7) is 8.43. The molecule has 3 fully saturated rings. The third kappa shape index (κ3) is 8.84. The molecule has 0 bridgehead atoms. The Morgan fingerprint density at radius 3 is 2.35 bits per heavy atom. The highest BCUT2D eigenvalue weighted by atomic mass is 32.2. The van der Waals surface area contributed by atoms with Crippen molar-refractivity contribution in [2.24, 2.45) is 5.92 Å². The number of carboxylic acid groups (broad SMARTS) is 1. The van der Waals surface area contributed by atoms with Crippen molar-refractivity contribution in [2.75, 3.05) is 13.7 Å². The van der Waals surface area contributed by atoms with Gasteiger partial charge in [0.15, 0.2) is 29.4 Å². The van der Waals surface area contributed by atoms with Crippen LogP contribution in [0.2, 0.25) is 0 Å². The summed E-state index contributed by atoms with van der Waals surface area (Å²) in [5.41, 5.74) is -7.31. The zero-order valence-electron chi connectivity index (χ0n) is 31.2. The van der Waals surface area contributed by atoms with Crippen molar-refractivity contribution in [1.29, 1.82) is 5.41 Å². The monoisotopic (exact) mass is 820 g/mol. The molecule has 0 spiro atoms. The van der Waals surface area contributed by atoms with Gasteiger partial charge >= 0.3 is 23.9 Å². The number of methoxy groups -OCH3 is 1. The molecule has 0 saturated carbocycles. The van der Waals surface area contributed by atoms with Gasteiger partial charge in [-0.15, -0.1) is 0 Å². The Bertz CT molecular complexity index is 1590. The molecule has 1 aliphatic carbocycles. The van der Waals surface area contributed by atoms with Gasteiger partial charge in [-0.3, -0.25) is 19.8 Å². The Hall–Kier alpha value is -3.28. The van der Waals surface area contributed by atoms with Gasteiger partial charge in [0.2, 0.25) is 0 Å². The van der Waals surface area contributed by atoms with Gasteiger partial charge < -0.3 is 64.0 Å². The summed E-state index contributed by atoms with van der Waals surface area (Å²) in [5, 5.41) is 66.8. The molecule has 7 N–H and O–H groups in total. The van der Waals surface area contributed by atoms with E-state index < -0.39 is 143 Å². The number of carboxylic acids is 1. The van der Waals surface area contributed by atoms with Crippen LogP contribution in [0.25, 0.3) is 0 Å². The Balaban J connectivity index is 1.77. The van der Waals surface area contributed by atoms with E-state index in [2.05, 4.69) is 5.32 Å². The maximum absolute atomic E-state index is 13.6. The Morgan fingerprint density at radius 1 is 1.15 bits per heavy atom. The number of esters is 3. The van der Waals surface area contributed by atoms with Crippen molar-refractivity contribution in [3.63, 3.8) is 0 Å². The fourth-order valence-corrected chi connectivity index (χ4v) is 8.40. The lowest BCUT2D eigenvalue weighted by Crippen LogP contribution is -2.70. The fourth-order valence-electron chi connectivity index (χ4n) is 6.97. The van der Waals surface area contributed by atoms with Crippen LogP contribution in [0.4, 0.5) is 0 Å². The number of thiocarbonyl (C=S) groups is 1. The van der Waals surface area contributed by atoms with Gasteiger partial charge in [0.1, 0.15) is 64.5 Å². The van der Waals surface area contributed by atoms with Gasteiger partial charge in [-0.05, 0) is 20.3 Å². The molecule has 0 aromatic rings. The summed E-state index contributed by atoms with van der Waals surface area (Å²) < 4.78 is 40.9. The summed E-state index contributed by atoms with van der Waals surface area (Å²) in [6, 6.07) is -1.00. The molecule has 55 heavy (non-hydrogen) atoms. The van der Waals surface area contributed by atoms with E-state index in [9.17, 15) is 49.5 Å². The standard InChI is InChI=1S/C34H48N2O17S2/c1-8-12(2)30(43)50-15(5)34(46)14(4)49-20(9-19(34)47-7)52-26-24(39)28(33(45)10-17(38)22(35)21(27(33)40)29(41)42)51-18(11-48-16(6)37)25(26)53-31(44)23-13(3)55-32(54)36-23/h12-15,18-20,23-26,28,35,39-40,45-46H,8-11H2,1-7H3,(H,36,54)(H,41,42)/t12-,13?,14?,15-,18?,19?,20?,23?,24?,25?,26?,28-,33+,34?/m0/s1. The number of rotatable bonds is 13. The molecule has 308 valence electrons. The minimum atomic E-state index is -3.00. The first-order chi connectivity index (χ1) is 25.6. The lowest BCUT2D eigenvalue weighted by molar-refractivity contribution is -0.345. The number of aliphatic carboxylic acids is 1. The van der Waals surface area contributed by atoms with Crippen LogP contribution >= 0.6 is 24.0 Å². The molecule has 4 aliphatic rings. The van der Waals surface area contributed by atoms with Crippen LogP contribution < -0.4 is 5.32 Å². The van der Waals surface area contributed by atoms with Crippen molar-refractivity contribution in [3.8, 4) is 0 Å². The van der Waals surface area contributed by atoms with Gasteiger partial charge in [0, 0.05) is 25.7 Å². The van der Waals surface area contributed by atoms with Crippen molar-refractivity contribution in [2.45, 2.75) is 138 Å². The van der Waals surface area contributed by atoms with Crippen molar-refractivity contribution in [1.82, 2.24) is 5.32 Å². The molecule has 0 radical (unpaired) electrons. The number of nitrogens with one attached hydrogen (secondary N) is 2. The third-order valence-electron chi connectivity index (χ3n) is 10.4. The lowest BCUT2D eigenvalue weighted by atomic mass is 9.74. The van der Waals surface area contributed by atoms with E-state index >= 15 is 0 Å². The van der Waals surface area contributed by atoms with Crippen molar-refractivity contribution < 1.29 is 82.7 Å². The zero-order valence-corrected chi connectivity index (χ0v) is 32.8. The van der Waals surface area contributed by atoms with Crippen molar-refractivity contribution >= 4 is 63.7 Å². The maximum atomic E-state index is 13.6. The summed E-state index contributed by atoms with van der Waals surface area (Å²) in [6.07, 6.45) is -15.4. The molecule has 4 rings (SSSR count). The summed E-state index contributed by atoms with van der Waals surface area (Å²) in [5.74, 6) is -7.30. The largest absolute Gasteiger partial charge is 0.508 e. The smallest absolute Gasteiger partial charge is 0.341 e. The van der Waals surface area contributed by atoms with Gasteiger partial charge in [0.25, 0.3) is 0 Å². The van der Waals surface area contributed by atoms with E-state index in [0.717, 1.165) is 6.92 Å². The number of ether oxygens (including phenoxy) is 7. The zero-order chi connectivity index (χ0) is 41.3. The van der Waals surface area contributed by atoms with Gasteiger partial charge in [-0.25, -0.2) is 9.59 Å². The average Bonchev–Trinajstić information content (AvgIpc) is 3.46. The van der Waals surface area contributed by atoms with Crippen molar-refractivity contribution in [3.05, 3.63) is 11.3 Å². The average molecular weight is 821 g/mol. The molecule has 0 aromatic heterocycles. The molecule has 10 unspecified atom stereocenters. The second kappa shape index (κ2) is 17.5. The predicted octanol–water partition coefficient (Wildman–Crippen LogP) is -0.168. The second-order valence-corrected chi connectivity index (χ2v) is 16.0. The number of hydrogen-bond donors (Lipinski definition) is 7. The molecule has 21 heteroatoms. The minimum Gasteiger partial charge on any atom is -0.508 e. The number of thioether (sulfide) groups is 1. The first-order valence-corrected chi connectivity index (χ1v) is 18.8. The topological polar surface area (TPSA) is 287 Å². The predicted molar refractivity (Wildman–Crippen MR) is 192 cm³/mol. The molecular formula is C34H48N2O17S2. The van der Waals surface area contributed by atoms with E-state index in [4.69, 9.17) is 50.8 Å². The maximum Gasteiger partial charge on any atom is 0.341 e. The lowest BCUT2D eigenvalue weighted by Gasteiger charge is -2.52. The summed E-state index contributed by atoms with van der Waals surface area (Å²) in [7, 11) is 1.29. The van der Waals surface area contributed by atoms with Crippen LogP contribution in [0.3, 0.4) is 0 Å². The number of Topliss-reactive ketones (excluding diaryl/α,β-unsaturated/α-hetero) is 1. The molecule has 19 nitrogen and oxygen atoms in total. The van der Waals surface area contributed by atoms with E-state index in [-0.39, 0.29) is 6.42 Å². The Kier molecular flexibility index (Phi) is 14.1. The normalized spacial score (nSPS) is 37.8. The molecule has 3 aliphatic heterocycles. The number of ketones is 1. The number of hydrogen-bond acceptors (Lipinski definition) is 19. The Labute approximate surface area is 325 Å². The van der Waals surface area contributed by atoms with Gasteiger partial charge in [-0.2, -0.15) is 0 Å². The highest BCUT2D eigenvalue weighted by molar-refractivity contribution is 8.23. The second-order valence-electron chi connectivity index (χ2n) is 14.0. The van der Waals surface area contributed by atoms with E-state index in [1.54, 1.807) is 20.8 Å². The molecule has 3 heterocycles. The first kappa shape index (κ1) is 44.4. The third-order valence-corrected chi connectivity index (χ3v) is 11.8. The number of carbonyl (C=O) groups excluding carboxylic acids is 4. The van der Waals surface area contributed by atoms with Crippen LogP contribution in [0, 0.1) is 11.3 Å². The molecular weight excluding hydrogens is 773 g/mol. The SMILES string of the molecule is CC[C@H](C)C(=O)O[C@@H](C)C1(O)C(C)OC(OC2C(OC(=O)C3NC(=S)SC3C)C(COC(C)=O)O[C@H]([C@@]3(O)CC(=O)C(=N)C(C(=O)O)=C3O)C2O)CC1OC. The fraction of sp³-hybridized carbons (Fsp3) is 0.735. The van der Waals surface area contributed by atoms with Gasteiger partial charge in [0.05, 0.1) is 24.5 Å². The Morgan fingerprint density at radius 2 is 1.80 bits per heavy atom. The molecule has 0 amide bonds. The van der Waals surface area contributed by atoms with Gasteiger partial charge in [-0.1, -0.05) is 44.8 Å². The van der Waals surface area contributed by atoms with E-state index in [1.165, 1.54) is 32.7 Å². The molecule has 0 aromatic carbocycles. The minimum absolute atomic E-state index is 0.299. The summed E-state index contributed by atoms with van der Waals surface area (Å²) in [4.78, 5) is 63.2. The number of aliphatic hydroxyl groups excluding tert-OH is 2. The number of aliphatic hydroxyl groups is 4. The highest BCUT2D eigenvalue weighted by Gasteiger charge is 2.62. The number of carbonyl (C=O) groups is 5. The van der Waals surface area contributed by atoms with Crippen LogP contribution in [0.1, 0.15) is 60.8 Å². The van der Waals surface area contributed by atoms with Crippen LogP contribution in [-0.4, -0.2) is 157 Å². The molecule has 3 saturated heterocycles. The quantitative estimate of drug-likeness (QED) is 0.0721. The highest BCUT2D eigenvalue weighted by Crippen LogP contribution is 2.42. The van der Waals surface area contributed by atoms with E-state index in [0.29, 0.717) is 10.7 Å². The first-order valence-electron chi connectivity index (χ1n) is 17.5. The summed E-state index contributed by atoms with van der Waals surface area (Å²) >= 11 is 6.37. The van der Waals surface area contributed by atoms with Crippen LogP contribution in [-0.2, 0) is 57.1 Å².